The first-order valence-electron chi connectivity index (χ1n) is 11.4. The van der Waals surface area contributed by atoms with E-state index < -0.39 is 12.1 Å². The Morgan fingerprint density at radius 3 is 2.97 bits per heavy atom. The fraction of sp³-hybridized carbons (Fsp3) is 0.708. The minimum absolute atomic E-state index is 0.0511. The highest BCUT2D eigenvalue weighted by Gasteiger charge is 2.50. The molecule has 4 atom stereocenters. The summed E-state index contributed by atoms with van der Waals surface area (Å²) >= 11 is 0. The molecular formula is C24H35FN2O4. The van der Waals surface area contributed by atoms with Gasteiger partial charge in [-0.3, -0.25) is 4.79 Å². The van der Waals surface area contributed by atoms with Gasteiger partial charge < -0.3 is 24.4 Å². The Hall–Kier alpha value is -1.70. The SMILES string of the molecule is CO[C@H]1COCC[C@H]1N[C@@H]1CC[C@@](C(=O)N2COc3ccc(CF)cc3C2)(C(C)C)C1. The van der Waals surface area contributed by atoms with Gasteiger partial charge in [-0.1, -0.05) is 19.9 Å². The van der Waals surface area contributed by atoms with Crippen molar-refractivity contribution < 1.29 is 23.4 Å². The number of ether oxygens (including phenoxy) is 3. The molecule has 4 rings (SSSR count). The monoisotopic (exact) mass is 434 g/mol. The fourth-order valence-electron chi connectivity index (χ4n) is 5.45. The minimum Gasteiger partial charge on any atom is -0.473 e. The largest absolute Gasteiger partial charge is 0.473 e. The maximum atomic E-state index is 13.8. The van der Waals surface area contributed by atoms with Crippen molar-refractivity contribution in [3.05, 3.63) is 29.3 Å². The van der Waals surface area contributed by atoms with E-state index in [1.165, 1.54) is 0 Å². The summed E-state index contributed by atoms with van der Waals surface area (Å²) in [7, 11) is 1.73. The summed E-state index contributed by atoms with van der Waals surface area (Å²) in [6, 6.07) is 5.89. The van der Waals surface area contributed by atoms with Crippen LogP contribution in [-0.2, 0) is 27.5 Å². The summed E-state index contributed by atoms with van der Waals surface area (Å²) in [5.74, 6) is 1.12. The van der Waals surface area contributed by atoms with Gasteiger partial charge in [0.1, 0.15) is 12.4 Å². The van der Waals surface area contributed by atoms with Crippen LogP contribution in [-0.4, -0.2) is 56.0 Å². The lowest BCUT2D eigenvalue weighted by Gasteiger charge is -2.40. The average molecular weight is 435 g/mol. The number of hydrogen-bond acceptors (Lipinski definition) is 5. The van der Waals surface area contributed by atoms with E-state index in [4.69, 9.17) is 14.2 Å². The Morgan fingerprint density at radius 2 is 2.23 bits per heavy atom. The molecule has 0 spiro atoms. The van der Waals surface area contributed by atoms with Gasteiger partial charge in [-0.2, -0.15) is 0 Å². The predicted molar refractivity (Wildman–Crippen MR) is 115 cm³/mol. The van der Waals surface area contributed by atoms with E-state index in [0.29, 0.717) is 18.7 Å². The van der Waals surface area contributed by atoms with Crippen LogP contribution in [0.4, 0.5) is 4.39 Å². The van der Waals surface area contributed by atoms with E-state index in [1.54, 1.807) is 24.1 Å². The number of halogens is 1. The first-order chi connectivity index (χ1) is 15.0. The highest BCUT2D eigenvalue weighted by molar-refractivity contribution is 5.83. The average Bonchev–Trinajstić information content (AvgIpc) is 3.23. The maximum Gasteiger partial charge on any atom is 0.232 e. The van der Waals surface area contributed by atoms with Crippen molar-refractivity contribution in [1.29, 1.82) is 0 Å². The van der Waals surface area contributed by atoms with Crippen molar-refractivity contribution in [2.24, 2.45) is 11.3 Å². The zero-order valence-corrected chi connectivity index (χ0v) is 18.9. The van der Waals surface area contributed by atoms with Crippen molar-refractivity contribution in [3.8, 4) is 5.75 Å². The Labute approximate surface area is 184 Å². The smallest absolute Gasteiger partial charge is 0.232 e. The minimum atomic E-state index is -0.515. The topological polar surface area (TPSA) is 60.0 Å². The van der Waals surface area contributed by atoms with Crippen LogP contribution < -0.4 is 10.1 Å². The second kappa shape index (κ2) is 9.43. The number of amides is 1. The third kappa shape index (κ3) is 4.45. The second-order valence-electron chi connectivity index (χ2n) is 9.51. The molecule has 6 nitrogen and oxygen atoms in total. The van der Waals surface area contributed by atoms with Gasteiger partial charge in [-0.25, -0.2) is 4.39 Å². The Kier molecular flexibility index (Phi) is 6.84. The van der Waals surface area contributed by atoms with Crippen LogP contribution in [0.5, 0.6) is 5.75 Å². The molecule has 1 amide bonds. The Bertz CT molecular complexity index is 789. The molecule has 172 valence electrons. The van der Waals surface area contributed by atoms with Crippen LogP contribution in [0.1, 0.15) is 50.7 Å². The third-order valence-corrected chi connectivity index (χ3v) is 7.44. The molecule has 3 aliphatic rings. The first-order valence-corrected chi connectivity index (χ1v) is 11.4. The lowest BCUT2D eigenvalue weighted by molar-refractivity contribution is -0.149. The zero-order valence-electron chi connectivity index (χ0n) is 18.9. The molecule has 0 aromatic heterocycles. The number of fused-ring (bicyclic) bond motifs is 1. The number of benzene rings is 1. The number of carbonyl (C=O) groups is 1. The van der Waals surface area contributed by atoms with Gasteiger partial charge in [0, 0.05) is 31.4 Å². The molecule has 2 aliphatic heterocycles. The van der Waals surface area contributed by atoms with Crippen LogP contribution in [0.3, 0.4) is 0 Å². The van der Waals surface area contributed by atoms with Crippen molar-refractivity contribution in [2.45, 2.75) is 70.9 Å². The van der Waals surface area contributed by atoms with Gasteiger partial charge in [0.25, 0.3) is 0 Å². The molecule has 7 heteroatoms. The molecule has 1 saturated carbocycles. The van der Waals surface area contributed by atoms with E-state index in [9.17, 15) is 9.18 Å². The van der Waals surface area contributed by atoms with Crippen LogP contribution in [0, 0.1) is 11.3 Å². The normalized spacial score (nSPS) is 30.9. The van der Waals surface area contributed by atoms with Crippen LogP contribution in [0.2, 0.25) is 0 Å². The summed E-state index contributed by atoms with van der Waals surface area (Å²) in [5, 5.41) is 3.77. The lowest BCUT2D eigenvalue weighted by atomic mass is 9.74. The van der Waals surface area contributed by atoms with E-state index >= 15 is 0 Å². The Morgan fingerprint density at radius 1 is 1.39 bits per heavy atom. The van der Waals surface area contributed by atoms with E-state index in [1.807, 2.05) is 6.07 Å². The molecule has 1 aromatic carbocycles. The summed E-state index contributed by atoms with van der Waals surface area (Å²) < 4.78 is 30.1. The van der Waals surface area contributed by atoms with E-state index in [-0.39, 0.29) is 36.7 Å². The second-order valence-corrected chi connectivity index (χ2v) is 9.51. The lowest BCUT2D eigenvalue weighted by Crippen LogP contribution is -2.52. The van der Waals surface area contributed by atoms with E-state index in [0.717, 1.165) is 43.6 Å². The van der Waals surface area contributed by atoms with Gasteiger partial charge in [0.15, 0.2) is 6.73 Å². The quantitative estimate of drug-likeness (QED) is 0.744. The highest BCUT2D eigenvalue weighted by Crippen LogP contribution is 2.47. The standard InChI is InChI=1S/C24H35FN2O4/c1-16(2)24(8-6-19(11-24)26-20-7-9-30-14-22(20)29-3)23(28)27-13-18-10-17(12-25)4-5-21(18)31-15-27/h4-5,10,16,19-20,22,26H,6-9,11-15H2,1-3H3/t19-,20-,22+,24+/m1/s1. The first kappa shape index (κ1) is 22.5. The van der Waals surface area contributed by atoms with Gasteiger partial charge in [0.05, 0.1) is 24.7 Å². The summed E-state index contributed by atoms with van der Waals surface area (Å²) in [4.78, 5) is 15.6. The number of carbonyl (C=O) groups excluding carboxylic acids is 1. The van der Waals surface area contributed by atoms with Gasteiger partial charge in [0.2, 0.25) is 5.91 Å². The predicted octanol–water partition coefficient (Wildman–Crippen LogP) is 3.42. The van der Waals surface area contributed by atoms with Crippen molar-refractivity contribution >= 4 is 5.91 Å². The highest BCUT2D eigenvalue weighted by atomic mass is 19.1. The molecule has 0 bridgehead atoms. The molecule has 0 radical (unpaired) electrons. The van der Waals surface area contributed by atoms with Gasteiger partial charge >= 0.3 is 0 Å². The molecule has 1 aliphatic carbocycles. The molecule has 31 heavy (non-hydrogen) atoms. The molecule has 2 heterocycles. The number of nitrogens with zero attached hydrogens (tertiary/aromatic N) is 1. The Balaban J connectivity index is 1.46. The van der Waals surface area contributed by atoms with Gasteiger partial charge in [-0.15, -0.1) is 0 Å². The van der Waals surface area contributed by atoms with Gasteiger partial charge in [-0.05, 0) is 49.3 Å². The summed E-state index contributed by atoms with van der Waals surface area (Å²) in [5.41, 5.74) is 1.08. The maximum absolute atomic E-state index is 13.8. The van der Waals surface area contributed by atoms with Crippen LogP contribution >= 0.6 is 0 Å². The number of nitrogens with one attached hydrogen (secondary N) is 1. The number of rotatable bonds is 6. The number of methoxy groups -OCH3 is 1. The summed E-state index contributed by atoms with van der Waals surface area (Å²) in [6.07, 6.45) is 3.61. The molecular weight excluding hydrogens is 399 g/mol. The van der Waals surface area contributed by atoms with Crippen molar-refractivity contribution in [1.82, 2.24) is 10.2 Å². The van der Waals surface area contributed by atoms with Crippen molar-refractivity contribution in [2.75, 3.05) is 27.1 Å². The van der Waals surface area contributed by atoms with Crippen molar-refractivity contribution in [3.63, 3.8) is 0 Å². The fourth-order valence-corrected chi connectivity index (χ4v) is 5.45. The molecule has 1 saturated heterocycles. The summed E-state index contributed by atoms with van der Waals surface area (Å²) in [6.45, 7) is 5.85. The molecule has 1 aromatic rings. The number of alkyl halides is 1. The molecule has 1 N–H and O–H groups in total. The van der Waals surface area contributed by atoms with E-state index in [2.05, 4.69) is 19.2 Å². The van der Waals surface area contributed by atoms with Crippen LogP contribution in [0.15, 0.2) is 18.2 Å². The van der Waals surface area contributed by atoms with Crippen LogP contribution in [0.25, 0.3) is 0 Å². The number of hydrogen-bond donors (Lipinski definition) is 1. The third-order valence-electron chi connectivity index (χ3n) is 7.44. The molecule has 2 fully saturated rings. The zero-order chi connectivity index (χ0) is 22.0. The molecule has 0 unspecified atom stereocenters.